The molecule has 2 aromatic heterocycles. The maximum Gasteiger partial charge on any atom is 0.136 e. The number of hydrogen-bond donors (Lipinski definition) is 2. The zero-order valence-electron chi connectivity index (χ0n) is 16.1. The second-order valence-corrected chi connectivity index (χ2v) is 9.24. The zero-order valence-corrected chi connectivity index (χ0v) is 17.7. The molecular weight excluding hydrogens is 388 g/mol. The SMILES string of the molecule is CC(C)(C)c1ccc(SNc2ccc(Cl)c(C3NC3c3cccnc3)n2)cc1. The van der Waals surface area contributed by atoms with Crippen molar-refractivity contribution in [1.29, 1.82) is 0 Å². The van der Waals surface area contributed by atoms with Crippen molar-refractivity contribution in [3.63, 3.8) is 0 Å². The van der Waals surface area contributed by atoms with Gasteiger partial charge in [-0.2, -0.15) is 0 Å². The van der Waals surface area contributed by atoms with Gasteiger partial charge in [-0.25, -0.2) is 4.98 Å². The Bertz CT molecular complexity index is 955. The number of rotatable bonds is 5. The van der Waals surface area contributed by atoms with Gasteiger partial charge in [-0.1, -0.05) is 50.6 Å². The highest BCUT2D eigenvalue weighted by Gasteiger charge is 2.41. The van der Waals surface area contributed by atoms with E-state index in [2.05, 4.69) is 66.1 Å². The van der Waals surface area contributed by atoms with Crippen LogP contribution in [0.1, 0.15) is 49.7 Å². The molecule has 2 N–H and O–H groups in total. The van der Waals surface area contributed by atoms with E-state index in [1.807, 2.05) is 24.4 Å². The van der Waals surface area contributed by atoms with Gasteiger partial charge >= 0.3 is 0 Å². The molecule has 28 heavy (non-hydrogen) atoms. The molecule has 0 spiro atoms. The summed E-state index contributed by atoms with van der Waals surface area (Å²) in [6.45, 7) is 6.66. The Labute approximate surface area is 175 Å². The fraction of sp³-hybridized carbons (Fsp3) is 0.273. The molecule has 4 nitrogen and oxygen atoms in total. The van der Waals surface area contributed by atoms with Crippen LogP contribution in [-0.2, 0) is 5.41 Å². The van der Waals surface area contributed by atoms with Crippen LogP contribution in [0, 0.1) is 0 Å². The first-order chi connectivity index (χ1) is 13.4. The summed E-state index contributed by atoms with van der Waals surface area (Å²) in [4.78, 5) is 10.1. The largest absolute Gasteiger partial charge is 0.310 e. The van der Waals surface area contributed by atoms with Crippen LogP contribution in [0.25, 0.3) is 0 Å². The predicted octanol–water partition coefficient (Wildman–Crippen LogP) is 5.93. The number of anilines is 1. The number of benzene rings is 1. The zero-order chi connectivity index (χ0) is 19.7. The average Bonchev–Trinajstić information content (AvgIpc) is 3.48. The van der Waals surface area contributed by atoms with Crippen LogP contribution in [0.15, 0.2) is 65.8 Å². The lowest BCUT2D eigenvalue weighted by atomic mass is 9.87. The van der Waals surface area contributed by atoms with Gasteiger partial charge < -0.3 is 4.72 Å². The van der Waals surface area contributed by atoms with E-state index in [-0.39, 0.29) is 17.5 Å². The second kappa shape index (κ2) is 7.74. The van der Waals surface area contributed by atoms with Crippen LogP contribution in [0.5, 0.6) is 0 Å². The van der Waals surface area contributed by atoms with Crippen molar-refractivity contribution < 1.29 is 0 Å². The van der Waals surface area contributed by atoms with E-state index >= 15 is 0 Å². The monoisotopic (exact) mass is 410 g/mol. The third-order valence-electron chi connectivity index (χ3n) is 4.79. The van der Waals surface area contributed by atoms with E-state index in [4.69, 9.17) is 16.6 Å². The summed E-state index contributed by atoms with van der Waals surface area (Å²) in [5.41, 5.74) is 3.50. The first kappa shape index (κ1) is 19.2. The fourth-order valence-corrected chi connectivity index (χ4v) is 3.92. The molecule has 0 aliphatic carbocycles. The molecule has 1 fully saturated rings. The van der Waals surface area contributed by atoms with Crippen molar-refractivity contribution in [2.45, 2.75) is 43.2 Å². The van der Waals surface area contributed by atoms with Gasteiger partial charge in [-0.05, 0) is 58.8 Å². The van der Waals surface area contributed by atoms with E-state index in [0.717, 1.165) is 22.0 Å². The molecule has 0 radical (unpaired) electrons. The minimum atomic E-state index is 0.120. The van der Waals surface area contributed by atoms with Crippen molar-refractivity contribution in [3.05, 3.63) is 82.8 Å². The first-order valence-electron chi connectivity index (χ1n) is 9.27. The highest BCUT2D eigenvalue weighted by atomic mass is 35.5. The first-order valence-corrected chi connectivity index (χ1v) is 10.5. The lowest BCUT2D eigenvalue weighted by molar-refractivity contribution is 0.590. The number of nitrogens with one attached hydrogen (secondary N) is 2. The molecule has 6 heteroatoms. The number of aromatic nitrogens is 2. The summed E-state index contributed by atoms with van der Waals surface area (Å²) < 4.78 is 3.33. The summed E-state index contributed by atoms with van der Waals surface area (Å²) >= 11 is 7.96. The molecule has 144 valence electrons. The molecule has 1 saturated heterocycles. The summed E-state index contributed by atoms with van der Waals surface area (Å²) in [5.74, 6) is 0.794. The Morgan fingerprint density at radius 2 is 1.82 bits per heavy atom. The van der Waals surface area contributed by atoms with E-state index < -0.39 is 0 Å². The molecule has 1 aliphatic rings. The smallest absolute Gasteiger partial charge is 0.136 e. The Kier molecular flexibility index (Phi) is 5.32. The molecule has 2 unspecified atom stereocenters. The third-order valence-corrected chi connectivity index (χ3v) is 5.93. The van der Waals surface area contributed by atoms with Gasteiger partial charge in [0.25, 0.3) is 0 Å². The topological polar surface area (TPSA) is 59.8 Å². The quantitative estimate of drug-likeness (QED) is 0.403. The molecule has 3 heterocycles. The van der Waals surface area contributed by atoms with Crippen LogP contribution < -0.4 is 10.0 Å². The minimum absolute atomic E-state index is 0.120. The van der Waals surface area contributed by atoms with Gasteiger partial charge in [-0.15, -0.1) is 0 Å². The standard InChI is InChI=1S/C22H23ClN4S/c1-22(2,3)15-6-8-16(9-7-15)28-27-18-11-10-17(23)20(25-18)21-19(26-21)14-5-4-12-24-13-14/h4-13,19,21,26H,1-3H3,(H,25,27). The maximum absolute atomic E-state index is 6.41. The summed E-state index contributed by atoms with van der Waals surface area (Å²) in [6, 6.07) is 16.8. The molecule has 3 aromatic rings. The maximum atomic E-state index is 6.41. The lowest BCUT2D eigenvalue weighted by Crippen LogP contribution is -2.10. The van der Waals surface area contributed by atoms with Gasteiger partial charge in [0.05, 0.1) is 22.8 Å². The Morgan fingerprint density at radius 1 is 1.04 bits per heavy atom. The van der Waals surface area contributed by atoms with Crippen molar-refractivity contribution in [1.82, 2.24) is 15.3 Å². The molecule has 0 amide bonds. The van der Waals surface area contributed by atoms with E-state index in [9.17, 15) is 0 Å². The Hall–Kier alpha value is -2.08. The van der Waals surface area contributed by atoms with E-state index in [0.29, 0.717) is 5.02 Å². The molecule has 1 aromatic carbocycles. The highest BCUT2D eigenvalue weighted by molar-refractivity contribution is 8.00. The van der Waals surface area contributed by atoms with Crippen molar-refractivity contribution in [3.8, 4) is 0 Å². The van der Waals surface area contributed by atoms with Crippen LogP contribution in [0.3, 0.4) is 0 Å². The van der Waals surface area contributed by atoms with Crippen molar-refractivity contribution in [2.75, 3.05) is 4.72 Å². The molecule has 1 aliphatic heterocycles. The van der Waals surface area contributed by atoms with Gasteiger partial charge in [0.15, 0.2) is 0 Å². The number of halogens is 1. The summed E-state index contributed by atoms with van der Waals surface area (Å²) in [5, 5.41) is 4.12. The Morgan fingerprint density at radius 3 is 2.50 bits per heavy atom. The summed E-state index contributed by atoms with van der Waals surface area (Å²) in [6.07, 6.45) is 3.66. The summed E-state index contributed by atoms with van der Waals surface area (Å²) in [7, 11) is 0. The molecule has 2 atom stereocenters. The predicted molar refractivity (Wildman–Crippen MR) is 117 cm³/mol. The molecule has 4 rings (SSSR count). The van der Waals surface area contributed by atoms with Crippen molar-refractivity contribution >= 4 is 29.4 Å². The highest BCUT2D eigenvalue weighted by Crippen LogP contribution is 2.44. The Balaban J connectivity index is 1.43. The molecule has 0 saturated carbocycles. The van der Waals surface area contributed by atoms with Crippen molar-refractivity contribution in [2.24, 2.45) is 0 Å². The van der Waals surface area contributed by atoms with Crippen LogP contribution >= 0.6 is 23.5 Å². The van der Waals surface area contributed by atoms with Gasteiger partial charge in [0, 0.05) is 17.3 Å². The lowest BCUT2D eigenvalue weighted by Gasteiger charge is -2.19. The van der Waals surface area contributed by atoms with Crippen LogP contribution in [0.2, 0.25) is 5.02 Å². The minimum Gasteiger partial charge on any atom is -0.310 e. The normalized spacial score (nSPS) is 18.7. The number of nitrogens with zero attached hydrogens (tertiary/aromatic N) is 2. The van der Waals surface area contributed by atoms with Gasteiger partial charge in [0.1, 0.15) is 5.82 Å². The van der Waals surface area contributed by atoms with Crippen LogP contribution in [0.4, 0.5) is 5.82 Å². The number of hydrogen-bond acceptors (Lipinski definition) is 5. The van der Waals surface area contributed by atoms with E-state index in [1.54, 1.807) is 18.1 Å². The average molecular weight is 411 g/mol. The van der Waals surface area contributed by atoms with Gasteiger partial charge in [0.2, 0.25) is 0 Å². The van der Waals surface area contributed by atoms with E-state index in [1.165, 1.54) is 5.56 Å². The third kappa shape index (κ3) is 4.32. The number of pyridine rings is 2. The molecule has 0 bridgehead atoms. The fourth-order valence-electron chi connectivity index (χ4n) is 3.09. The second-order valence-electron chi connectivity index (χ2n) is 7.95. The van der Waals surface area contributed by atoms with Gasteiger partial charge in [-0.3, -0.25) is 10.3 Å². The van der Waals surface area contributed by atoms with Crippen LogP contribution in [-0.4, -0.2) is 9.97 Å². The molecular formula is C22H23ClN4S.